The second kappa shape index (κ2) is 6.72. The number of aromatic nitrogens is 1. The van der Waals surface area contributed by atoms with Gasteiger partial charge in [0.25, 0.3) is 11.1 Å². The van der Waals surface area contributed by atoms with Gasteiger partial charge in [0, 0.05) is 36.3 Å². The molecule has 0 spiro atoms. The van der Waals surface area contributed by atoms with Crippen molar-refractivity contribution in [3.8, 4) is 0 Å². The van der Waals surface area contributed by atoms with Crippen LogP contribution in [0.4, 0.5) is 4.79 Å². The zero-order valence-corrected chi connectivity index (χ0v) is 15.3. The van der Waals surface area contributed by atoms with Gasteiger partial charge in [-0.25, -0.2) is 0 Å². The summed E-state index contributed by atoms with van der Waals surface area (Å²) in [4.78, 5) is 44.1. The number of nitrogens with zero attached hydrogens (tertiary/aromatic N) is 3. The number of piperidine rings is 1. The molecular weight excluding hydrogens is 350 g/mol. The Hall–Kier alpha value is -2.41. The van der Waals surface area contributed by atoms with Crippen LogP contribution < -0.4 is 0 Å². The monoisotopic (exact) mass is 369 g/mol. The predicted molar refractivity (Wildman–Crippen MR) is 100 cm³/mol. The Bertz CT molecular complexity index is 890. The zero-order valence-electron chi connectivity index (χ0n) is 14.5. The molecule has 0 atom stereocenters. The number of hydrogen-bond donors (Lipinski definition) is 0. The number of hydrogen-bond acceptors (Lipinski definition) is 5. The molecule has 0 aliphatic carbocycles. The molecule has 2 aliphatic heterocycles. The number of aryl methyl sites for hydroxylation is 1. The zero-order chi connectivity index (χ0) is 18.3. The first-order valence-electron chi connectivity index (χ1n) is 8.68. The van der Waals surface area contributed by atoms with Gasteiger partial charge in [-0.05, 0) is 49.6 Å². The first kappa shape index (κ1) is 17.0. The third-order valence-electron chi connectivity index (χ3n) is 5.11. The highest BCUT2D eigenvalue weighted by Gasteiger charge is 2.38. The fourth-order valence-electron chi connectivity index (χ4n) is 3.64. The Balaban J connectivity index is 1.48. The SMILES string of the molecule is Cc1ccnc2ccc(C(=O)N3CCC(N4C(=O)CSC4=O)CC3)cc12. The second-order valence-electron chi connectivity index (χ2n) is 6.70. The largest absolute Gasteiger partial charge is 0.338 e. The second-order valence-corrected chi connectivity index (χ2v) is 7.63. The van der Waals surface area contributed by atoms with Crippen LogP contribution in [0.25, 0.3) is 10.9 Å². The van der Waals surface area contributed by atoms with E-state index in [1.54, 1.807) is 6.20 Å². The van der Waals surface area contributed by atoms with Gasteiger partial charge < -0.3 is 4.90 Å². The summed E-state index contributed by atoms with van der Waals surface area (Å²) in [5.74, 6) is 0.118. The van der Waals surface area contributed by atoms with E-state index in [0.717, 1.165) is 28.2 Å². The van der Waals surface area contributed by atoms with E-state index in [9.17, 15) is 14.4 Å². The molecule has 0 radical (unpaired) electrons. The molecule has 3 heterocycles. The van der Waals surface area contributed by atoms with Crippen molar-refractivity contribution in [2.45, 2.75) is 25.8 Å². The van der Waals surface area contributed by atoms with E-state index >= 15 is 0 Å². The molecule has 4 rings (SSSR count). The minimum Gasteiger partial charge on any atom is -0.338 e. The molecule has 2 aromatic rings. The van der Waals surface area contributed by atoms with Crippen molar-refractivity contribution in [2.24, 2.45) is 0 Å². The van der Waals surface area contributed by atoms with Gasteiger partial charge in [0.2, 0.25) is 5.91 Å². The summed E-state index contributed by atoms with van der Waals surface area (Å²) in [5, 5.41) is 0.829. The van der Waals surface area contributed by atoms with Gasteiger partial charge in [-0.1, -0.05) is 11.8 Å². The molecule has 2 aliphatic rings. The number of amides is 3. The lowest BCUT2D eigenvalue weighted by atomic mass is 10.0. The molecule has 7 heteroatoms. The molecule has 0 saturated carbocycles. The molecule has 0 N–H and O–H groups in total. The molecule has 2 saturated heterocycles. The maximum absolute atomic E-state index is 12.9. The predicted octanol–water partition coefficient (Wildman–Crippen LogP) is 2.84. The van der Waals surface area contributed by atoms with E-state index in [1.807, 2.05) is 36.1 Å². The molecule has 2 fully saturated rings. The maximum Gasteiger partial charge on any atom is 0.289 e. The number of pyridine rings is 1. The van der Waals surface area contributed by atoms with E-state index in [-0.39, 0.29) is 28.8 Å². The van der Waals surface area contributed by atoms with Crippen LogP contribution in [0, 0.1) is 6.92 Å². The molecule has 0 bridgehead atoms. The van der Waals surface area contributed by atoms with Gasteiger partial charge in [0.05, 0.1) is 11.3 Å². The van der Waals surface area contributed by atoms with Gasteiger partial charge in [-0.3, -0.25) is 24.3 Å². The third kappa shape index (κ3) is 2.96. The van der Waals surface area contributed by atoms with Crippen LogP contribution in [-0.4, -0.2) is 56.7 Å². The number of carbonyl (C=O) groups is 3. The van der Waals surface area contributed by atoms with Crippen molar-refractivity contribution in [1.29, 1.82) is 0 Å². The Morgan fingerprint density at radius 2 is 1.96 bits per heavy atom. The number of thioether (sulfide) groups is 1. The number of fused-ring (bicyclic) bond motifs is 1. The van der Waals surface area contributed by atoms with Crippen molar-refractivity contribution in [3.63, 3.8) is 0 Å². The highest BCUT2D eigenvalue weighted by Crippen LogP contribution is 2.27. The van der Waals surface area contributed by atoms with Gasteiger partial charge in [-0.15, -0.1) is 0 Å². The number of likely N-dealkylation sites (tertiary alicyclic amines) is 1. The number of imide groups is 1. The lowest BCUT2D eigenvalue weighted by molar-refractivity contribution is -0.126. The van der Waals surface area contributed by atoms with Gasteiger partial charge >= 0.3 is 0 Å². The first-order valence-corrected chi connectivity index (χ1v) is 9.66. The summed E-state index contributed by atoms with van der Waals surface area (Å²) >= 11 is 1.06. The average Bonchev–Trinajstić information content (AvgIpc) is 3.00. The summed E-state index contributed by atoms with van der Waals surface area (Å²) in [6.45, 7) is 3.11. The number of rotatable bonds is 2. The van der Waals surface area contributed by atoms with Crippen LogP contribution in [0.2, 0.25) is 0 Å². The first-order chi connectivity index (χ1) is 12.5. The highest BCUT2D eigenvalue weighted by atomic mass is 32.2. The molecule has 26 heavy (non-hydrogen) atoms. The molecule has 134 valence electrons. The summed E-state index contributed by atoms with van der Waals surface area (Å²) in [7, 11) is 0. The highest BCUT2D eigenvalue weighted by molar-refractivity contribution is 8.14. The van der Waals surface area contributed by atoms with Crippen molar-refractivity contribution in [3.05, 3.63) is 41.6 Å². The van der Waals surface area contributed by atoms with Crippen LogP contribution in [0.5, 0.6) is 0 Å². The quantitative estimate of drug-likeness (QED) is 0.814. The van der Waals surface area contributed by atoms with Gasteiger partial charge in [0.15, 0.2) is 0 Å². The van der Waals surface area contributed by atoms with Gasteiger partial charge in [0.1, 0.15) is 0 Å². The standard InChI is InChI=1S/C19H19N3O3S/c1-12-4-7-20-16-3-2-13(10-15(12)16)18(24)21-8-5-14(6-9-21)22-17(23)11-26-19(22)25/h2-4,7,10,14H,5-6,8-9,11H2,1H3. The van der Waals surface area contributed by atoms with Crippen LogP contribution in [-0.2, 0) is 4.79 Å². The molecule has 6 nitrogen and oxygen atoms in total. The number of benzene rings is 1. The minimum atomic E-state index is -0.155. The van der Waals surface area contributed by atoms with E-state index in [4.69, 9.17) is 0 Å². The van der Waals surface area contributed by atoms with E-state index in [0.29, 0.717) is 31.5 Å². The van der Waals surface area contributed by atoms with Crippen LogP contribution in [0.1, 0.15) is 28.8 Å². The fourth-order valence-corrected chi connectivity index (χ4v) is 4.42. The van der Waals surface area contributed by atoms with Crippen molar-refractivity contribution in [1.82, 2.24) is 14.8 Å². The summed E-state index contributed by atoms with van der Waals surface area (Å²) in [6, 6.07) is 7.44. The van der Waals surface area contributed by atoms with E-state index < -0.39 is 0 Å². The Morgan fingerprint density at radius 3 is 2.65 bits per heavy atom. The summed E-state index contributed by atoms with van der Waals surface area (Å²) in [6.07, 6.45) is 3.04. The van der Waals surface area contributed by atoms with E-state index in [1.165, 1.54) is 4.90 Å². The molecular formula is C19H19N3O3S. The molecule has 0 unspecified atom stereocenters. The summed E-state index contributed by atoms with van der Waals surface area (Å²) in [5.41, 5.74) is 2.62. The Morgan fingerprint density at radius 1 is 1.19 bits per heavy atom. The lowest BCUT2D eigenvalue weighted by Gasteiger charge is -2.35. The average molecular weight is 369 g/mol. The molecule has 3 amide bonds. The normalized spacial score (nSPS) is 18.8. The van der Waals surface area contributed by atoms with Crippen molar-refractivity contribution >= 4 is 39.7 Å². The molecule has 1 aromatic carbocycles. The van der Waals surface area contributed by atoms with Gasteiger partial charge in [-0.2, -0.15) is 0 Å². The van der Waals surface area contributed by atoms with Crippen LogP contribution in [0.15, 0.2) is 30.5 Å². The fraction of sp³-hybridized carbons (Fsp3) is 0.368. The van der Waals surface area contributed by atoms with Crippen LogP contribution >= 0.6 is 11.8 Å². The van der Waals surface area contributed by atoms with Crippen molar-refractivity contribution < 1.29 is 14.4 Å². The lowest BCUT2D eigenvalue weighted by Crippen LogP contribution is -2.48. The number of carbonyl (C=O) groups excluding carboxylic acids is 3. The van der Waals surface area contributed by atoms with Crippen LogP contribution in [0.3, 0.4) is 0 Å². The third-order valence-corrected chi connectivity index (χ3v) is 5.94. The Kier molecular flexibility index (Phi) is 4.40. The minimum absolute atomic E-state index is 0.0120. The maximum atomic E-state index is 12.9. The van der Waals surface area contributed by atoms with E-state index in [2.05, 4.69) is 4.98 Å². The molecule has 1 aromatic heterocycles. The smallest absolute Gasteiger partial charge is 0.289 e. The topological polar surface area (TPSA) is 70.6 Å². The Labute approximate surface area is 155 Å². The summed E-state index contributed by atoms with van der Waals surface area (Å²) < 4.78 is 0. The van der Waals surface area contributed by atoms with Crippen molar-refractivity contribution in [2.75, 3.05) is 18.8 Å².